The Morgan fingerprint density at radius 2 is 1.17 bits per heavy atom. The van der Waals surface area contributed by atoms with Crippen molar-refractivity contribution >= 4 is 26.7 Å². The van der Waals surface area contributed by atoms with Gasteiger partial charge in [-0.25, -0.2) is 9.97 Å². The Labute approximate surface area is 184 Å². The molecule has 1 aromatic heterocycles. The number of aromatic nitrogens is 2. The van der Waals surface area contributed by atoms with E-state index in [-0.39, 0.29) is 0 Å². The molecule has 0 aliphatic rings. The zero-order valence-electron chi connectivity index (χ0n) is 16.3. The van der Waals surface area contributed by atoms with Crippen LogP contribution >= 0.6 is 15.9 Å². The lowest BCUT2D eigenvalue weighted by Gasteiger charge is -2.13. The molecule has 1 heterocycles. The molecule has 2 nitrogen and oxygen atoms in total. The first-order chi connectivity index (χ1) is 14.8. The highest BCUT2D eigenvalue weighted by Gasteiger charge is 2.13. The maximum Gasteiger partial charge on any atom is 0.160 e. The molecule has 0 unspecified atom stereocenters. The fourth-order valence-corrected chi connectivity index (χ4v) is 4.25. The molecule has 0 saturated heterocycles. The molecule has 0 N–H and O–H groups in total. The third-order valence-corrected chi connectivity index (χ3v) is 5.87. The maximum absolute atomic E-state index is 4.98. The second kappa shape index (κ2) is 8.21. The van der Waals surface area contributed by atoms with Crippen LogP contribution in [0.1, 0.15) is 5.56 Å². The topological polar surface area (TPSA) is 25.8 Å². The maximum atomic E-state index is 4.98. The van der Waals surface area contributed by atoms with E-state index in [9.17, 15) is 0 Å². The Hall–Kier alpha value is -3.30. The summed E-state index contributed by atoms with van der Waals surface area (Å²) in [7, 11) is 0. The summed E-state index contributed by atoms with van der Waals surface area (Å²) in [6.45, 7) is 0. The molecule has 0 aliphatic carbocycles. The molecule has 0 fully saturated rings. The first kappa shape index (κ1) is 18.7. The summed E-state index contributed by atoms with van der Waals surface area (Å²) in [4.78, 5) is 9.88. The van der Waals surface area contributed by atoms with Gasteiger partial charge in [0.15, 0.2) is 5.82 Å². The molecule has 4 aromatic carbocycles. The van der Waals surface area contributed by atoms with Crippen molar-refractivity contribution in [3.63, 3.8) is 0 Å². The third-order valence-electron chi connectivity index (χ3n) is 5.26. The van der Waals surface area contributed by atoms with E-state index in [1.165, 1.54) is 16.3 Å². The zero-order chi connectivity index (χ0) is 20.3. The molecule has 0 atom stereocenters. The predicted octanol–water partition coefficient (Wildman–Crippen LogP) is 7.53. The molecule has 30 heavy (non-hydrogen) atoms. The number of hydrogen-bond acceptors (Lipinski definition) is 2. The van der Waals surface area contributed by atoms with E-state index in [0.29, 0.717) is 0 Å². The Morgan fingerprint density at radius 1 is 0.567 bits per heavy atom. The third kappa shape index (κ3) is 3.53. The monoisotopic (exact) mass is 450 g/mol. The van der Waals surface area contributed by atoms with Crippen molar-refractivity contribution in [3.05, 3.63) is 109 Å². The lowest BCUT2D eigenvalue weighted by molar-refractivity contribution is 1.18. The summed E-state index contributed by atoms with van der Waals surface area (Å²) in [6, 6.07) is 35.4. The summed E-state index contributed by atoms with van der Waals surface area (Å²) >= 11 is 3.62. The van der Waals surface area contributed by atoms with Crippen LogP contribution in [0.3, 0.4) is 0 Å². The fourth-order valence-electron chi connectivity index (χ4n) is 3.76. The zero-order valence-corrected chi connectivity index (χ0v) is 17.9. The number of hydrogen-bond donors (Lipinski definition) is 0. The van der Waals surface area contributed by atoms with Gasteiger partial charge in [0.25, 0.3) is 0 Å². The number of benzene rings is 4. The van der Waals surface area contributed by atoms with Gasteiger partial charge in [-0.05, 0) is 22.4 Å². The van der Waals surface area contributed by atoms with Crippen molar-refractivity contribution in [2.24, 2.45) is 0 Å². The fraction of sp³-hybridized carbons (Fsp3) is 0.0370. The minimum atomic E-state index is 0.737. The second-order valence-electron chi connectivity index (χ2n) is 7.15. The minimum Gasteiger partial charge on any atom is -0.228 e. The molecular formula is C27H19BrN2. The molecule has 0 spiro atoms. The number of fused-ring (bicyclic) bond motifs is 1. The first-order valence-electron chi connectivity index (χ1n) is 9.90. The molecule has 0 radical (unpaired) electrons. The van der Waals surface area contributed by atoms with Gasteiger partial charge in [0.05, 0.1) is 11.4 Å². The molecule has 5 rings (SSSR count). The molecule has 0 aliphatic heterocycles. The van der Waals surface area contributed by atoms with Gasteiger partial charge in [0, 0.05) is 22.0 Å². The van der Waals surface area contributed by atoms with Crippen LogP contribution in [0.5, 0.6) is 0 Å². The van der Waals surface area contributed by atoms with Crippen molar-refractivity contribution in [2.75, 3.05) is 0 Å². The molecule has 0 amide bonds. The normalized spacial score (nSPS) is 11.0. The summed E-state index contributed by atoms with van der Waals surface area (Å²) in [6.07, 6.45) is 0. The molecule has 0 bridgehead atoms. The van der Waals surface area contributed by atoms with Gasteiger partial charge in [-0.2, -0.15) is 0 Å². The molecule has 144 valence electrons. The second-order valence-corrected chi connectivity index (χ2v) is 7.71. The predicted molar refractivity (Wildman–Crippen MR) is 128 cm³/mol. The van der Waals surface area contributed by atoms with Gasteiger partial charge in [0.2, 0.25) is 0 Å². The Balaban J connectivity index is 1.78. The minimum absolute atomic E-state index is 0.737. The van der Waals surface area contributed by atoms with E-state index in [2.05, 4.69) is 82.7 Å². The van der Waals surface area contributed by atoms with Crippen molar-refractivity contribution in [3.8, 4) is 33.9 Å². The van der Waals surface area contributed by atoms with E-state index in [0.717, 1.165) is 39.2 Å². The van der Waals surface area contributed by atoms with Crippen LogP contribution in [0.15, 0.2) is 103 Å². The van der Waals surface area contributed by atoms with E-state index in [4.69, 9.17) is 9.97 Å². The van der Waals surface area contributed by atoms with Crippen molar-refractivity contribution in [1.82, 2.24) is 9.97 Å². The van der Waals surface area contributed by atoms with Crippen LogP contribution < -0.4 is 0 Å². The van der Waals surface area contributed by atoms with Crippen molar-refractivity contribution in [2.45, 2.75) is 5.33 Å². The van der Waals surface area contributed by atoms with Gasteiger partial charge in [-0.15, -0.1) is 0 Å². The van der Waals surface area contributed by atoms with Crippen molar-refractivity contribution < 1.29 is 0 Å². The molecule has 3 heteroatoms. The lowest BCUT2D eigenvalue weighted by atomic mass is 9.97. The number of alkyl halides is 1. The van der Waals surface area contributed by atoms with Gasteiger partial charge in [-0.3, -0.25) is 0 Å². The Bertz CT molecular complexity index is 1260. The van der Waals surface area contributed by atoms with Crippen LogP contribution in [0.2, 0.25) is 0 Å². The molecule has 5 aromatic rings. The quantitative estimate of drug-likeness (QED) is 0.264. The van der Waals surface area contributed by atoms with E-state index >= 15 is 0 Å². The van der Waals surface area contributed by atoms with Gasteiger partial charge >= 0.3 is 0 Å². The molecular weight excluding hydrogens is 432 g/mol. The smallest absolute Gasteiger partial charge is 0.160 e. The Kier molecular flexibility index (Phi) is 5.12. The van der Waals surface area contributed by atoms with Crippen LogP contribution in [0.4, 0.5) is 0 Å². The van der Waals surface area contributed by atoms with E-state index in [1.54, 1.807) is 0 Å². The molecule has 0 saturated carbocycles. The summed E-state index contributed by atoms with van der Waals surface area (Å²) in [5.74, 6) is 0.737. The number of rotatable bonds is 4. The summed E-state index contributed by atoms with van der Waals surface area (Å²) in [5.41, 5.74) is 6.34. The highest BCUT2D eigenvalue weighted by Crippen LogP contribution is 2.33. The number of halogens is 1. The first-order valence-corrected chi connectivity index (χ1v) is 11.0. The Morgan fingerprint density at radius 3 is 1.87 bits per heavy atom. The van der Waals surface area contributed by atoms with Gasteiger partial charge in [0.1, 0.15) is 0 Å². The SMILES string of the molecule is BrCc1ccc(-c2cc(-c3ccccc3)nc(-c3ccccc3)n2)c2ccccc12. The van der Waals surface area contributed by atoms with Crippen LogP contribution in [0.25, 0.3) is 44.7 Å². The van der Waals surface area contributed by atoms with Gasteiger partial charge in [-0.1, -0.05) is 113 Å². The average molecular weight is 451 g/mol. The average Bonchev–Trinajstić information content (AvgIpc) is 2.84. The summed E-state index contributed by atoms with van der Waals surface area (Å²) < 4.78 is 0. The van der Waals surface area contributed by atoms with Gasteiger partial charge < -0.3 is 0 Å². The van der Waals surface area contributed by atoms with Crippen LogP contribution in [-0.4, -0.2) is 9.97 Å². The standard InChI is InChI=1S/C27H19BrN2/c28-18-21-15-16-24(23-14-8-7-13-22(21)23)26-17-25(19-9-3-1-4-10-19)29-27(30-26)20-11-5-2-6-12-20/h1-17H,18H2. The van der Waals surface area contributed by atoms with E-state index in [1.807, 2.05) is 36.4 Å². The highest BCUT2D eigenvalue weighted by atomic mass is 79.9. The number of nitrogens with zero attached hydrogens (tertiary/aromatic N) is 2. The van der Waals surface area contributed by atoms with Crippen molar-refractivity contribution in [1.29, 1.82) is 0 Å². The lowest BCUT2D eigenvalue weighted by Crippen LogP contribution is -1.96. The van der Waals surface area contributed by atoms with Crippen LogP contribution in [-0.2, 0) is 5.33 Å². The highest BCUT2D eigenvalue weighted by molar-refractivity contribution is 9.08. The van der Waals surface area contributed by atoms with E-state index < -0.39 is 0 Å². The van der Waals surface area contributed by atoms with Crippen LogP contribution in [0, 0.1) is 0 Å². The largest absolute Gasteiger partial charge is 0.228 e. The summed E-state index contributed by atoms with van der Waals surface area (Å²) in [5, 5.41) is 3.27.